The minimum atomic E-state index is -2.78. The van der Waals surface area contributed by atoms with E-state index in [1.54, 1.807) is 11.8 Å². The van der Waals surface area contributed by atoms with Crippen LogP contribution in [0.4, 0.5) is 0 Å². The molecule has 0 aliphatic carbocycles. The van der Waals surface area contributed by atoms with Gasteiger partial charge in [0.25, 0.3) is 0 Å². The van der Waals surface area contributed by atoms with Crippen molar-refractivity contribution in [3.8, 4) is 0 Å². The molecule has 1 unspecified atom stereocenters. The summed E-state index contributed by atoms with van der Waals surface area (Å²) in [6.45, 7) is 5.39. The van der Waals surface area contributed by atoms with Gasteiger partial charge in [0, 0.05) is 18.1 Å². The fraction of sp³-hybridized carbons (Fsp3) is 1.00. The lowest BCUT2D eigenvalue weighted by atomic mass is 10.2. The van der Waals surface area contributed by atoms with Crippen molar-refractivity contribution in [1.29, 1.82) is 0 Å². The van der Waals surface area contributed by atoms with Gasteiger partial charge in [0.05, 0.1) is 5.75 Å². The van der Waals surface area contributed by atoms with Gasteiger partial charge >= 0.3 is 0 Å². The summed E-state index contributed by atoms with van der Waals surface area (Å²) >= 11 is 1.72. The number of nitrogens with one attached hydrogen (secondary N) is 1. The first-order chi connectivity index (χ1) is 6.95. The molecule has 92 valence electrons. The summed E-state index contributed by atoms with van der Waals surface area (Å²) in [6, 6.07) is 0.538. The van der Waals surface area contributed by atoms with Crippen LogP contribution >= 0.6 is 11.8 Å². The maximum atomic E-state index is 10.8. The van der Waals surface area contributed by atoms with Crippen LogP contribution in [0.2, 0.25) is 0 Å². The Morgan fingerprint density at radius 1 is 1.33 bits per heavy atom. The lowest BCUT2D eigenvalue weighted by molar-refractivity contribution is 0.536. The Balaban J connectivity index is 3.31. The van der Waals surface area contributed by atoms with Crippen LogP contribution in [0.5, 0.6) is 0 Å². The van der Waals surface area contributed by atoms with Crippen LogP contribution in [-0.2, 0) is 9.84 Å². The molecule has 15 heavy (non-hydrogen) atoms. The van der Waals surface area contributed by atoms with Crippen molar-refractivity contribution in [2.24, 2.45) is 0 Å². The Morgan fingerprint density at radius 2 is 2.00 bits per heavy atom. The molecule has 0 aliphatic rings. The first-order valence-electron chi connectivity index (χ1n) is 5.44. The molecule has 3 nitrogen and oxygen atoms in total. The zero-order valence-corrected chi connectivity index (χ0v) is 11.6. The summed E-state index contributed by atoms with van der Waals surface area (Å²) in [5, 5.41) is 3.41. The van der Waals surface area contributed by atoms with E-state index in [1.165, 1.54) is 6.26 Å². The second-order valence-electron chi connectivity index (χ2n) is 3.89. The molecule has 5 heteroatoms. The number of rotatable bonds is 9. The van der Waals surface area contributed by atoms with Crippen molar-refractivity contribution in [1.82, 2.24) is 5.32 Å². The van der Waals surface area contributed by atoms with Crippen molar-refractivity contribution in [3.05, 3.63) is 0 Å². The van der Waals surface area contributed by atoms with Gasteiger partial charge in [-0.2, -0.15) is 11.8 Å². The van der Waals surface area contributed by atoms with E-state index < -0.39 is 9.84 Å². The van der Waals surface area contributed by atoms with Crippen molar-refractivity contribution < 1.29 is 8.42 Å². The first-order valence-corrected chi connectivity index (χ1v) is 8.66. The van der Waals surface area contributed by atoms with E-state index in [0.29, 0.717) is 11.8 Å². The Kier molecular flexibility index (Phi) is 8.56. The van der Waals surface area contributed by atoms with Crippen molar-refractivity contribution >= 4 is 21.6 Å². The third kappa shape index (κ3) is 12.2. The van der Waals surface area contributed by atoms with E-state index in [-0.39, 0.29) is 0 Å². The van der Waals surface area contributed by atoms with E-state index in [9.17, 15) is 8.42 Å². The highest BCUT2D eigenvalue weighted by molar-refractivity contribution is 8.00. The molecule has 0 aromatic rings. The van der Waals surface area contributed by atoms with E-state index in [0.717, 1.165) is 30.9 Å². The Hall–Kier alpha value is 0.260. The predicted molar refractivity (Wildman–Crippen MR) is 69.4 cm³/mol. The van der Waals surface area contributed by atoms with Gasteiger partial charge in [0.2, 0.25) is 0 Å². The highest BCUT2D eigenvalue weighted by Crippen LogP contribution is 2.05. The SMILES string of the molecule is CCCNC(C)CCSCCS(C)(=O)=O. The maximum absolute atomic E-state index is 10.8. The molecular weight excluding hydrogens is 230 g/mol. The number of hydrogen-bond acceptors (Lipinski definition) is 4. The normalized spacial score (nSPS) is 14.1. The van der Waals surface area contributed by atoms with Gasteiger partial charge in [-0.25, -0.2) is 8.42 Å². The number of sulfone groups is 1. The molecule has 0 aromatic carbocycles. The molecule has 1 N–H and O–H groups in total. The monoisotopic (exact) mass is 253 g/mol. The molecule has 0 heterocycles. The topological polar surface area (TPSA) is 46.2 Å². The minimum Gasteiger partial charge on any atom is -0.314 e. The predicted octanol–water partition coefficient (Wildman–Crippen LogP) is 1.54. The standard InChI is InChI=1S/C10H23NO2S2/c1-4-6-11-10(2)5-7-14-8-9-15(3,12)13/h10-11H,4-9H2,1-3H3. The lowest BCUT2D eigenvalue weighted by Crippen LogP contribution is -2.27. The first kappa shape index (κ1) is 15.3. The maximum Gasteiger partial charge on any atom is 0.148 e. The summed E-state index contributed by atoms with van der Waals surface area (Å²) in [6.07, 6.45) is 3.55. The van der Waals surface area contributed by atoms with Crippen LogP contribution in [0.25, 0.3) is 0 Å². The average molecular weight is 253 g/mol. The van der Waals surface area contributed by atoms with E-state index in [4.69, 9.17) is 0 Å². The summed E-state index contributed by atoms with van der Waals surface area (Å²) in [4.78, 5) is 0. The van der Waals surface area contributed by atoms with Crippen LogP contribution in [0.15, 0.2) is 0 Å². The second kappa shape index (κ2) is 8.42. The van der Waals surface area contributed by atoms with Crippen LogP contribution in [0.3, 0.4) is 0 Å². The largest absolute Gasteiger partial charge is 0.314 e. The quantitative estimate of drug-likeness (QED) is 0.633. The van der Waals surface area contributed by atoms with Gasteiger partial charge in [0.1, 0.15) is 9.84 Å². The molecule has 0 aliphatic heterocycles. The molecule has 0 rings (SSSR count). The average Bonchev–Trinajstić information content (AvgIpc) is 2.12. The summed E-state index contributed by atoms with van der Waals surface area (Å²) < 4.78 is 21.7. The zero-order valence-electron chi connectivity index (χ0n) is 9.95. The molecule has 0 radical (unpaired) electrons. The molecule has 0 spiro atoms. The van der Waals surface area contributed by atoms with Gasteiger partial charge in [-0.05, 0) is 32.1 Å². The molecule has 0 fully saturated rings. The van der Waals surface area contributed by atoms with Gasteiger partial charge in [-0.15, -0.1) is 0 Å². The van der Waals surface area contributed by atoms with E-state index in [1.807, 2.05) is 0 Å². The van der Waals surface area contributed by atoms with Crippen molar-refractivity contribution in [3.63, 3.8) is 0 Å². The number of thioether (sulfide) groups is 1. The van der Waals surface area contributed by atoms with Gasteiger partial charge in [0.15, 0.2) is 0 Å². The molecular formula is C10H23NO2S2. The van der Waals surface area contributed by atoms with Gasteiger partial charge in [-0.1, -0.05) is 6.92 Å². The van der Waals surface area contributed by atoms with Crippen LogP contribution < -0.4 is 5.32 Å². The fourth-order valence-electron chi connectivity index (χ4n) is 1.07. The smallest absolute Gasteiger partial charge is 0.148 e. The Labute approximate surface area is 98.3 Å². The Morgan fingerprint density at radius 3 is 2.53 bits per heavy atom. The van der Waals surface area contributed by atoms with Crippen LogP contribution in [0, 0.1) is 0 Å². The molecule has 0 aromatic heterocycles. The highest BCUT2D eigenvalue weighted by Gasteiger charge is 2.03. The lowest BCUT2D eigenvalue weighted by Gasteiger charge is -2.12. The van der Waals surface area contributed by atoms with Crippen LogP contribution in [0.1, 0.15) is 26.7 Å². The molecule has 1 atom stereocenters. The Bertz CT molecular complexity index is 240. The van der Waals surface area contributed by atoms with Crippen molar-refractivity contribution in [2.75, 3.05) is 30.1 Å². The van der Waals surface area contributed by atoms with E-state index in [2.05, 4.69) is 19.2 Å². The summed E-state index contributed by atoms with van der Waals surface area (Å²) in [7, 11) is -2.78. The molecule has 0 saturated heterocycles. The molecule has 0 bridgehead atoms. The van der Waals surface area contributed by atoms with Gasteiger partial charge in [-0.3, -0.25) is 0 Å². The molecule has 0 saturated carbocycles. The van der Waals surface area contributed by atoms with E-state index >= 15 is 0 Å². The van der Waals surface area contributed by atoms with Gasteiger partial charge < -0.3 is 5.32 Å². The second-order valence-corrected chi connectivity index (χ2v) is 7.37. The zero-order chi connectivity index (χ0) is 11.7. The third-order valence-corrected chi connectivity index (χ3v) is 4.26. The van der Waals surface area contributed by atoms with Crippen LogP contribution in [-0.4, -0.2) is 44.5 Å². The third-order valence-electron chi connectivity index (χ3n) is 2.04. The highest BCUT2D eigenvalue weighted by atomic mass is 32.2. The van der Waals surface area contributed by atoms with Crippen molar-refractivity contribution in [2.45, 2.75) is 32.7 Å². The fourth-order valence-corrected chi connectivity index (χ4v) is 3.47. The minimum absolute atomic E-state index is 0.300. The molecule has 0 amide bonds. The summed E-state index contributed by atoms with van der Waals surface area (Å²) in [5.74, 6) is 2.06. The summed E-state index contributed by atoms with van der Waals surface area (Å²) in [5.41, 5.74) is 0. The number of hydrogen-bond donors (Lipinski definition) is 1.